The number of rotatable bonds is 23. The molecule has 2 aromatic carbocycles. The van der Waals surface area contributed by atoms with E-state index in [1.165, 1.54) is 14.2 Å². The molecule has 0 aliphatic carbocycles. The van der Waals surface area contributed by atoms with Crippen LogP contribution in [0.25, 0.3) is 0 Å². The van der Waals surface area contributed by atoms with Crippen molar-refractivity contribution in [1.82, 2.24) is 25.3 Å². The van der Waals surface area contributed by atoms with Crippen LogP contribution in [-0.4, -0.2) is 134 Å². The Morgan fingerprint density at radius 1 is 0.931 bits per heavy atom. The predicted molar refractivity (Wildman–Crippen MR) is 225 cm³/mol. The van der Waals surface area contributed by atoms with Gasteiger partial charge in [0.05, 0.1) is 49.2 Å². The summed E-state index contributed by atoms with van der Waals surface area (Å²) >= 11 is 0. The Balaban J connectivity index is 1.67. The Kier molecular flexibility index (Phi) is 19.1. The molecular weight excluding hydrogens is 741 g/mol. The minimum absolute atomic E-state index is 0.00761. The molecule has 1 aliphatic rings. The fourth-order valence-electron chi connectivity index (χ4n) is 8.21. The second-order valence-corrected chi connectivity index (χ2v) is 16.1. The van der Waals surface area contributed by atoms with Crippen LogP contribution in [0.15, 0.2) is 54.6 Å². The van der Waals surface area contributed by atoms with Gasteiger partial charge in [-0.05, 0) is 61.4 Å². The summed E-state index contributed by atoms with van der Waals surface area (Å²) < 4.78 is 11.8. The zero-order valence-corrected chi connectivity index (χ0v) is 36.0. The molecule has 8 atom stereocenters. The summed E-state index contributed by atoms with van der Waals surface area (Å²) in [5, 5.41) is 15.4. The number of ether oxygens (including phenoxy) is 2. The van der Waals surface area contributed by atoms with Gasteiger partial charge in [-0.1, -0.05) is 83.5 Å². The fraction of sp³-hybridized carbons (Fsp3) is 0.614. The molecule has 1 aliphatic heterocycles. The lowest BCUT2D eigenvalue weighted by Crippen LogP contribution is -2.55. The number of likely N-dealkylation sites (tertiary alicyclic amines) is 1. The number of aliphatic carboxylic acids is 1. The van der Waals surface area contributed by atoms with Crippen LogP contribution in [0.3, 0.4) is 0 Å². The molecular formula is C44H68N6O8. The standard InChI is InChI=1S/C44H68N6O8/c1-10-29(4)40(49(7)38(52)27-46-43(54)39(28(2)3)48(6)24-22-31-18-20-33(45)21-19-31)36(57-8)26-37(51)50-23-14-17-35(50)41(58-9)30(5)42(53)47-34(44(55)56)25-32-15-12-11-13-16-32/h11-13,15-16,18-21,28-30,34-36,39-41H,10,14,17,22-27,45H2,1-9H3,(H,46,54)(H,47,53)(H,55,56). The van der Waals surface area contributed by atoms with Crippen LogP contribution in [0.4, 0.5) is 5.69 Å². The smallest absolute Gasteiger partial charge is 0.326 e. The van der Waals surface area contributed by atoms with Crippen molar-refractivity contribution in [3.05, 3.63) is 65.7 Å². The minimum atomic E-state index is -1.14. The Hall–Kier alpha value is -4.53. The van der Waals surface area contributed by atoms with E-state index in [1.807, 2.05) is 94.2 Å². The number of nitrogens with two attached hydrogens (primary N) is 1. The number of nitrogen functional groups attached to an aromatic ring is 1. The SMILES string of the molecule is CCC(C)C(C(CC(=O)N1CCCC1C(OC)C(C)C(=O)NC(Cc1ccccc1)C(=O)O)OC)N(C)C(=O)CNC(=O)C(C(C)C)N(C)CCc1ccc(N)cc1. The molecule has 1 heterocycles. The predicted octanol–water partition coefficient (Wildman–Crippen LogP) is 3.62. The first-order chi connectivity index (χ1) is 27.5. The molecule has 5 N–H and O–H groups in total. The minimum Gasteiger partial charge on any atom is -0.480 e. The molecule has 4 amide bonds. The van der Waals surface area contributed by atoms with Crippen LogP contribution in [0.1, 0.15) is 71.4 Å². The largest absolute Gasteiger partial charge is 0.480 e. The molecule has 0 radical (unpaired) electrons. The molecule has 0 aromatic heterocycles. The van der Waals surface area contributed by atoms with Gasteiger partial charge in [-0.3, -0.25) is 24.1 Å². The summed E-state index contributed by atoms with van der Waals surface area (Å²) in [6, 6.07) is 14.3. The van der Waals surface area contributed by atoms with E-state index in [2.05, 4.69) is 10.6 Å². The van der Waals surface area contributed by atoms with Crippen LogP contribution >= 0.6 is 0 Å². The third-order valence-electron chi connectivity index (χ3n) is 11.7. The van der Waals surface area contributed by atoms with Crippen molar-refractivity contribution < 1.29 is 38.6 Å². The van der Waals surface area contributed by atoms with Gasteiger partial charge >= 0.3 is 5.97 Å². The number of amides is 4. The summed E-state index contributed by atoms with van der Waals surface area (Å²) in [6.07, 6.45) is 1.51. The second kappa shape index (κ2) is 23.2. The number of nitrogens with zero attached hydrogens (tertiary/aromatic N) is 3. The van der Waals surface area contributed by atoms with E-state index in [0.29, 0.717) is 38.0 Å². The van der Waals surface area contributed by atoms with Crippen LogP contribution < -0.4 is 16.4 Å². The number of anilines is 1. The van der Waals surface area contributed by atoms with Gasteiger partial charge < -0.3 is 40.7 Å². The van der Waals surface area contributed by atoms with Gasteiger partial charge in [0.25, 0.3) is 0 Å². The number of hydrogen-bond acceptors (Lipinski definition) is 9. The lowest BCUT2D eigenvalue weighted by atomic mass is 9.90. The molecule has 0 spiro atoms. The quantitative estimate of drug-likeness (QED) is 0.121. The van der Waals surface area contributed by atoms with Gasteiger partial charge in [0.15, 0.2) is 0 Å². The number of carboxylic acid groups (broad SMARTS) is 1. The zero-order chi connectivity index (χ0) is 43.1. The van der Waals surface area contributed by atoms with Gasteiger partial charge in [0, 0.05) is 46.5 Å². The summed E-state index contributed by atoms with van der Waals surface area (Å²) in [4.78, 5) is 72.3. The lowest BCUT2D eigenvalue weighted by molar-refractivity contribution is -0.147. The maximum atomic E-state index is 14.1. The van der Waals surface area contributed by atoms with E-state index in [1.54, 1.807) is 23.8 Å². The molecule has 3 rings (SSSR count). The number of hydrogen-bond donors (Lipinski definition) is 4. The highest BCUT2D eigenvalue weighted by Crippen LogP contribution is 2.29. The number of benzene rings is 2. The molecule has 1 saturated heterocycles. The average Bonchev–Trinajstić information content (AvgIpc) is 3.69. The molecule has 0 saturated carbocycles. The Morgan fingerprint density at radius 2 is 1.59 bits per heavy atom. The maximum absolute atomic E-state index is 14.1. The highest BCUT2D eigenvalue weighted by atomic mass is 16.5. The normalized spacial score (nSPS) is 17.8. The topological polar surface area (TPSA) is 184 Å². The summed E-state index contributed by atoms with van der Waals surface area (Å²) in [6.45, 7) is 10.6. The van der Waals surface area contributed by atoms with Gasteiger partial charge in [-0.2, -0.15) is 0 Å². The monoisotopic (exact) mass is 809 g/mol. The highest BCUT2D eigenvalue weighted by molar-refractivity contribution is 5.88. The Labute approximate surface area is 345 Å². The molecule has 0 bridgehead atoms. The number of methoxy groups -OCH3 is 2. The molecule has 322 valence electrons. The van der Waals surface area contributed by atoms with E-state index in [4.69, 9.17) is 15.2 Å². The first kappa shape index (κ1) is 47.8. The third-order valence-corrected chi connectivity index (χ3v) is 11.7. The number of carboxylic acids is 1. The summed E-state index contributed by atoms with van der Waals surface area (Å²) in [5.41, 5.74) is 8.42. The molecule has 2 aromatic rings. The van der Waals surface area contributed by atoms with E-state index >= 15 is 0 Å². The van der Waals surface area contributed by atoms with E-state index in [0.717, 1.165) is 17.5 Å². The number of carbonyl (C=O) groups is 5. The summed E-state index contributed by atoms with van der Waals surface area (Å²) in [7, 11) is 6.61. The second-order valence-electron chi connectivity index (χ2n) is 16.1. The summed E-state index contributed by atoms with van der Waals surface area (Å²) in [5.74, 6) is -3.16. The number of likely N-dealkylation sites (N-methyl/N-ethyl adjacent to an activating group) is 2. The van der Waals surface area contributed by atoms with Crippen molar-refractivity contribution in [3.8, 4) is 0 Å². The van der Waals surface area contributed by atoms with E-state index in [9.17, 15) is 29.1 Å². The van der Waals surface area contributed by atoms with Crippen LogP contribution in [0.2, 0.25) is 0 Å². The van der Waals surface area contributed by atoms with Crippen molar-refractivity contribution in [2.75, 3.05) is 53.7 Å². The van der Waals surface area contributed by atoms with Gasteiger partial charge in [0.1, 0.15) is 6.04 Å². The Bertz CT molecular complexity index is 1630. The van der Waals surface area contributed by atoms with Gasteiger partial charge in [-0.15, -0.1) is 0 Å². The first-order valence-electron chi connectivity index (χ1n) is 20.5. The van der Waals surface area contributed by atoms with Crippen LogP contribution in [-0.2, 0) is 46.3 Å². The van der Waals surface area contributed by atoms with Crippen molar-refractivity contribution >= 4 is 35.3 Å². The Morgan fingerprint density at radius 3 is 2.16 bits per heavy atom. The number of nitrogens with one attached hydrogen (secondary N) is 2. The molecule has 1 fully saturated rings. The molecule has 58 heavy (non-hydrogen) atoms. The average molecular weight is 809 g/mol. The van der Waals surface area contributed by atoms with Crippen LogP contribution in [0, 0.1) is 17.8 Å². The lowest BCUT2D eigenvalue weighted by Gasteiger charge is -2.39. The maximum Gasteiger partial charge on any atom is 0.326 e. The van der Waals surface area contributed by atoms with Crippen LogP contribution in [0.5, 0.6) is 0 Å². The van der Waals surface area contributed by atoms with E-state index < -0.39 is 54.2 Å². The highest BCUT2D eigenvalue weighted by Gasteiger charge is 2.42. The van der Waals surface area contributed by atoms with E-state index in [-0.39, 0.29) is 48.9 Å². The number of carbonyl (C=O) groups excluding carboxylic acids is 4. The van der Waals surface area contributed by atoms with Gasteiger partial charge in [0.2, 0.25) is 23.6 Å². The van der Waals surface area contributed by atoms with Gasteiger partial charge in [-0.25, -0.2) is 4.79 Å². The molecule has 14 nitrogen and oxygen atoms in total. The molecule has 14 heteroatoms. The first-order valence-corrected chi connectivity index (χ1v) is 20.5. The van der Waals surface area contributed by atoms with Crippen molar-refractivity contribution in [2.24, 2.45) is 17.8 Å². The van der Waals surface area contributed by atoms with Crippen molar-refractivity contribution in [1.29, 1.82) is 0 Å². The zero-order valence-electron chi connectivity index (χ0n) is 36.0. The van der Waals surface area contributed by atoms with Crippen molar-refractivity contribution in [2.45, 2.75) is 110 Å². The molecule has 8 unspecified atom stereocenters. The third kappa shape index (κ3) is 13.3. The van der Waals surface area contributed by atoms with Crippen molar-refractivity contribution in [3.63, 3.8) is 0 Å². The fourth-order valence-corrected chi connectivity index (χ4v) is 8.21.